The molecule has 1 aromatic carbocycles. The molecule has 0 radical (unpaired) electrons. The first-order valence-electron chi connectivity index (χ1n) is 10.6. The minimum Gasteiger partial charge on any atom is -0.447 e. The third-order valence-corrected chi connectivity index (χ3v) is 10.3. The monoisotopic (exact) mass is 408 g/mol. The van der Waals surface area contributed by atoms with E-state index in [1.165, 1.54) is 4.90 Å². The standard InChI is InChI=1S/C22H35NO4Si/c1-8-19(27-28(6,7)22(3,4)5)16(2)20(24)23-18(15-26-21(23)25)14-17-12-10-9-11-13-17/h9-13,16,18-19H,8,14-15H2,1-7H3/t16-,18+,19+/m0/s1/i16+1,19+1D. The molecule has 0 aromatic heterocycles. The van der Waals surface area contributed by atoms with Crippen LogP contribution in [0, 0.1) is 5.92 Å². The Labute approximate surface area is 171 Å². The SMILES string of the molecule is [2H][13C@](CC)(O[Si](C)(C)C(C)(C)C)[13C@H](C)C(=O)N1C(=O)OC[C@H]1Cc1ccccc1. The van der Waals surface area contributed by atoms with Crippen LogP contribution in [0.1, 0.15) is 48.0 Å². The Balaban J connectivity index is 2.23. The molecule has 1 aromatic rings. The number of ether oxygens (including phenoxy) is 1. The summed E-state index contributed by atoms with van der Waals surface area (Å²) in [6.07, 6.45) is -1.13. The van der Waals surface area contributed by atoms with Gasteiger partial charge in [0.05, 0.1) is 19.4 Å². The lowest BCUT2D eigenvalue weighted by Crippen LogP contribution is -2.50. The predicted octanol–water partition coefficient (Wildman–Crippen LogP) is 5.01. The van der Waals surface area contributed by atoms with Gasteiger partial charge in [-0.15, -0.1) is 0 Å². The third kappa shape index (κ3) is 5.03. The minimum absolute atomic E-state index is 0.0837. The maximum atomic E-state index is 13.3. The van der Waals surface area contributed by atoms with Crippen molar-refractivity contribution in [3.63, 3.8) is 0 Å². The van der Waals surface area contributed by atoms with Gasteiger partial charge in [0.15, 0.2) is 8.32 Å². The summed E-state index contributed by atoms with van der Waals surface area (Å²) >= 11 is 0. The number of carbonyl (C=O) groups is 2. The van der Waals surface area contributed by atoms with Gasteiger partial charge in [0.25, 0.3) is 0 Å². The molecule has 6 heteroatoms. The average Bonchev–Trinajstić information content (AvgIpc) is 3.00. The molecule has 1 heterocycles. The highest BCUT2D eigenvalue weighted by Gasteiger charge is 2.44. The van der Waals surface area contributed by atoms with Crippen molar-refractivity contribution >= 4 is 20.3 Å². The van der Waals surface area contributed by atoms with Gasteiger partial charge in [-0.3, -0.25) is 4.79 Å². The minimum atomic E-state index is -2.28. The second-order valence-corrected chi connectivity index (χ2v) is 13.8. The van der Waals surface area contributed by atoms with Crippen molar-refractivity contribution in [2.75, 3.05) is 6.61 Å². The van der Waals surface area contributed by atoms with Gasteiger partial charge >= 0.3 is 6.09 Å². The Bertz CT molecular complexity index is 734. The molecule has 1 fully saturated rings. The van der Waals surface area contributed by atoms with Crippen LogP contribution in [0.15, 0.2) is 30.3 Å². The molecule has 3 atom stereocenters. The number of benzene rings is 1. The zero-order chi connectivity index (χ0) is 22.0. The molecule has 0 unspecified atom stereocenters. The molecule has 1 aliphatic heterocycles. The maximum Gasteiger partial charge on any atom is 0.416 e. The molecule has 0 spiro atoms. The van der Waals surface area contributed by atoms with E-state index in [1.807, 2.05) is 37.3 Å². The quantitative estimate of drug-likeness (QED) is 0.470. The molecule has 0 bridgehead atoms. The van der Waals surface area contributed by atoms with Gasteiger partial charge in [-0.2, -0.15) is 0 Å². The Morgan fingerprint density at radius 2 is 1.96 bits per heavy atom. The molecule has 0 aliphatic carbocycles. The van der Waals surface area contributed by atoms with E-state index in [0.29, 0.717) is 12.8 Å². The van der Waals surface area contributed by atoms with E-state index < -0.39 is 32.3 Å². The second-order valence-electron chi connectivity index (χ2n) is 9.03. The molecule has 5 nitrogen and oxygen atoms in total. The summed E-state index contributed by atoms with van der Waals surface area (Å²) < 4.78 is 20.5. The van der Waals surface area contributed by atoms with Crippen molar-refractivity contribution in [1.29, 1.82) is 0 Å². The van der Waals surface area contributed by atoms with Crippen LogP contribution < -0.4 is 0 Å². The molecule has 0 N–H and O–H groups in total. The lowest BCUT2D eigenvalue weighted by Gasteiger charge is -2.41. The summed E-state index contributed by atoms with van der Waals surface area (Å²) in [6, 6.07) is 9.36. The number of nitrogens with zero attached hydrogens (tertiary/aromatic N) is 1. The van der Waals surface area contributed by atoms with Crippen molar-refractivity contribution in [1.82, 2.24) is 4.90 Å². The molecule has 28 heavy (non-hydrogen) atoms. The van der Waals surface area contributed by atoms with Crippen LogP contribution in [0.4, 0.5) is 4.79 Å². The van der Waals surface area contributed by atoms with Crippen molar-refractivity contribution in [3.8, 4) is 0 Å². The van der Waals surface area contributed by atoms with Crippen LogP contribution in [0.5, 0.6) is 0 Å². The van der Waals surface area contributed by atoms with Gasteiger partial charge in [-0.25, -0.2) is 9.69 Å². The highest BCUT2D eigenvalue weighted by atomic mass is 28.4. The Kier molecular flexibility index (Phi) is 6.60. The van der Waals surface area contributed by atoms with Gasteiger partial charge in [0.1, 0.15) is 6.61 Å². The Morgan fingerprint density at radius 1 is 1.36 bits per heavy atom. The number of imide groups is 1. The number of hydrogen-bond donors (Lipinski definition) is 0. The highest BCUT2D eigenvalue weighted by molar-refractivity contribution is 6.74. The van der Waals surface area contributed by atoms with Crippen molar-refractivity contribution < 1.29 is 20.1 Å². The van der Waals surface area contributed by atoms with E-state index in [-0.39, 0.29) is 17.7 Å². The van der Waals surface area contributed by atoms with E-state index in [2.05, 4.69) is 33.9 Å². The van der Waals surface area contributed by atoms with Gasteiger partial charge < -0.3 is 9.16 Å². The number of cyclic esters (lactones) is 1. The lowest BCUT2D eigenvalue weighted by atomic mass is 10.1. The molecule has 1 aliphatic rings. The van der Waals surface area contributed by atoms with Crippen LogP contribution in [-0.4, -0.2) is 43.9 Å². The van der Waals surface area contributed by atoms with Crippen molar-refractivity contribution in [2.45, 2.75) is 77.7 Å². The lowest BCUT2D eigenvalue weighted by molar-refractivity contribution is -0.136. The summed E-state index contributed by atoms with van der Waals surface area (Å²) in [7, 11) is -2.28. The first-order valence-corrected chi connectivity index (χ1v) is 13.0. The zero-order valence-electron chi connectivity index (χ0n) is 19.2. The van der Waals surface area contributed by atoms with E-state index >= 15 is 0 Å². The first kappa shape index (κ1) is 21.1. The summed E-state index contributed by atoms with van der Waals surface area (Å²) in [6.45, 7) is 14.2. The molecule has 2 rings (SSSR count). The topological polar surface area (TPSA) is 55.8 Å². The first-order chi connectivity index (χ1) is 13.3. The van der Waals surface area contributed by atoms with Crippen molar-refractivity contribution in [2.24, 2.45) is 5.92 Å². The molecular formula is C22H35NO4Si. The van der Waals surface area contributed by atoms with Gasteiger partial charge in [-0.05, 0) is 36.5 Å². The van der Waals surface area contributed by atoms with E-state index in [0.717, 1.165) is 5.56 Å². The van der Waals surface area contributed by atoms with E-state index in [4.69, 9.17) is 10.5 Å². The fourth-order valence-electron chi connectivity index (χ4n) is 3.06. The summed E-state index contributed by atoms with van der Waals surface area (Å²) in [5, 5.41) is -0.0837. The van der Waals surface area contributed by atoms with Crippen LogP contribution in [0.3, 0.4) is 0 Å². The summed E-state index contributed by atoms with van der Waals surface area (Å²) in [4.78, 5) is 26.9. The fraction of sp³-hybridized carbons (Fsp3) is 0.636. The average molecular weight is 409 g/mol. The predicted molar refractivity (Wildman–Crippen MR) is 114 cm³/mol. The number of hydrogen-bond acceptors (Lipinski definition) is 4. The molecule has 156 valence electrons. The molecular weight excluding hydrogens is 372 g/mol. The number of carbonyl (C=O) groups excluding carboxylic acids is 2. The number of amides is 2. The summed E-state index contributed by atoms with van der Waals surface area (Å²) in [5.41, 5.74) is 1.03. The normalized spacial score (nSPS) is 21.7. The molecule has 2 amide bonds. The van der Waals surface area contributed by atoms with Gasteiger partial charge in [-0.1, -0.05) is 65.0 Å². The van der Waals surface area contributed by atoms with Crippen LogP contribution >= 0.6 is 0 Å². The molecule has 0 saturated carbocycles. The fourth-order valence-corrected chi connectivity index (χ4v) is 4.34. The summed E-state index contributed by atoms with van der Waals surface area (Å²) in [5.74, 6) is -1.19. The van der Waals surface area contributed by atoms with Gasteiger partial charge in [0.2, 0.25) is 5.91 Å². The highest BCUT2D eigenvalue weighted by Crippen LogP contribution is 2.38. The molecule has 1 saturated heterocycles. The van der Waals surface area contributed by atoms with Crippen LogP contribution in [0.2, 0.25) is 18.1 Å². The van der Waals surface area contributed by atoms with E-state index in [9.17, 15) is 9.59 Å². The Hall–Kier alpha value is -1.66. The maximum absolute atomic E-state index is 13.3. The smallest absolute Gasteiger partial charge is 0.416 e. The largest absolute Gasteiger partial charge is 0.447 e. The van der Waals surface area contributed by atoms with Crippen LogP contribution in [-0.2, 0) is 20.4 Å². The second kappa shape index (κ2) is 8.78. The zero-order valence-corrected chi connectivity index (χ0v) is 19.2. The van der Waals surface area contributed by atoms with E-state index in [1.54, 1.807) is 6.92 Å². The van der Waals surface area contributed by atoms with Crippen LogP contribution in [0.25, 0.3) is 0 Å². The Morgan fingerprint density at radius 3 is 2.50 bits per heavy atom. The van der Waals surface area contributed by atoms with Gasteiger partial charge in [0, 0.05) is 0 Å². The third-order valence-electron chi connectivity index (χ3n) is 5.91. The van der Waals surface area contributed by atoms with Crippen molar-refractivity contribution in [3.05, 3.63) is 35.9 Å². The number of rotatable bonds is 7.